The van der Waals surface area contributed by atoms with Gasteiger partial charge in [-0.2, -0.15) is 4.98 Å². The molecule has 0 spiro atoms. The van der Waals surface area contributed by atoms with E-state index in [9.17, 15) is 8.42 Å². The molecule has 1 saturated heterocycles. The molecular weight excluding hydrogens is 474 g/mol. The number of piperazine rings is 1. The zero-order valence-electron chi connectivity index (χ0n) is 19.7. The van der Waals surface area contributed by atoms with Crippen molar-refractivity contribution >= 4 is 49.3 Å². The van der Waals surface area contributed by atoms with Crippen molar-refractivity contribution in [1.82, 2.24) is 24.2 Å². The highest BCUT2D eigenvalue weighted by atomic mass is 32.2. The van der Waals surface area contributed by atoms with Crippen molar-refractivity contribution in [3.05, 3.63) is 79.3 Å². The molecule has 5 aromatic rings. The van der Waals surface area contributed by atoms with Crippen molar-refractivity contribution in [3.8, 4) is 0 Å². The van der Waals surface area contributed by atoms with Crippen LogP contribution < -0.4 is 15.5 Å². The molecule has 3 aromatic heterocycles. The molecule has 182 valence electrons. The van der Waals surface area contributed by atoms with Crippen molar-refractivity contribution in [1.29, 1.82) is 0 Å². The monoisotopic (exact) mass is 499 g/mol. The van der Waals surface area contributed by atoms with E-state index in [4.69, 9.17) is 0 Å². The van der Waals surface area contributed by atoms with Crippen LogP contribution in [0.2, 0.25) is 0 Å². The van der Waals surface area contributed by atoms with Crippen LogP contribution in [0.15, 0.2) is 84.1 Å². The number of aromatic nitrogens is 4. The molecule has 0 aliphatic carbocycles. The molecule has 0 saturated carbocycles. The molecule has 1 atom stereocenters. The second-order valence-corrected chi connectivity index (χ2v) is 10.7. The zero-order chi connectivity index (χ0) is 24.7. The summed E-state index contributed by atoms with van der Waals surface area (Å²) in [6.07, 6.45) is 4.71. The number of nitrogens with one attached hydrogen (secondary N) is 2. The highest BCUT2D eigenvalue weighted by Crippen LogP contribution is 2.27. The molecule has 0 amide bonds. The second-order valence-electron chi connectivity index (χ2n) is 8.89. The normalized spacial score (nSPS) is 16.5. The Balaban J connectivity index is 1.31. The van der Waals surface area contributed by atoms with Crippen molar-refractivity contribution in [2.24, 2.45) is 0 Å². The topological polar surface area (TPSA) is 105 Å². The average molecular weight is 500 g/mol. The van der Waals surface area contributed by atoms with Crippen molar-refractivity contribution < 1.29 is 8.42 Å². The van der Waals surface area contributed by atoms with Gasteiger partial charge in [0.05, 0.1) is 5.52 Å². The Bertz CT molecular complexity index is 1660. The molecule has 2 N–H and O–H groups in total. The summed E-state index contributed by atoms with van der Waals surface area (Å²) < 4.78 is 28.5. The molecule has 10 heteroatoms. The predicted molar refractivity (Wildman–Crippen MR) is 141 cm³/mol. The van der Waals surface area contributed by atoms with Gasteiger partial charge >= 0.3 is 0 Å². The summed E-state index contributed by atoms with van der Waals surface area (Å²) in [7, 11) is -3.94. The van der Waals surface area contributed by atoms with Crippen LogP contribution in [0.1, 0.15) is 6.92 Å². The lowest BCUT2D eigenvalue weighted by Crippen LogP contribution is -2.49. The van der Waals surface area contributed by atoms with E-state index in [1.165, 1.54) is 10.2 Å². The van der Waals surface area contributed by atoms with E-state index < -0.39 is 10.0 Å². The van der Waals surface area contributed by atoms with Crippen LogP contribution in [-0.4, -0.2) is 53.0 Å². The van der Waals surface area contributed by atoms with Crippen LogP contribution in [-0.2, 0) is 10.0 Å². The maximum absolute atomic E-state index is 13.6. The fourth-order valence-corrected chi connectivity index (χ4v) is 6.06. The number of rotatable bonds is 5. The van der Waals surface area contributed by atoms with Crippen molar-refractivity contribution in [3.63, 3.8) is 0 Å². The number of benzene rings is 2. The third-order valence-corrected chi connectivity index (χ3v) is 8.08. The average Bonchev–Trinajstić information content (AvgIpc) is 3.33. The second kappa shape index (κ2) is 8.89. The molecule has 36 heavy (non-hydrogen) atoms. The summed E-state index contributed by atoms with van der Waals surface area (Å²) in [6, 6.07) is 19.0. The lowest BCUT2D eigenvalue weighted by atomic mass is 10.2. The van der Waals surface area contributed by atoms with Gasteiger partial charge in [0, 0.05) is 66.4 Å². The van der Waals surface area contributed by atoms with Gasteiger partial charge in [-0.05, 0) is 49.4 Å². The lowest BCUT2D eigenvalue weighted by molar-refractivity contribution is 0.485. The molecule has 0 unspecified atom stereocenters. The van der Waals surface area contributed by atoms with Gasteiger partial charge in [-0.1, -0.05) is 18.2 Å². The van der Waals surface area contributed by atoms with E-state index in [1.54, 1.807) is 36.7 Å². The van der Waals surface area contributed by atoms with Gasteiger partial charge in [0.15, 0.2) is 5.65 Å². The first kappa shape index (κ1) is 22.4. The maximum Gasteiger partial charge on any atom is 0.271 e. The van der Waals surface area contributed by atoms with E-state index in [-0.39, 0.29) is 4.90 Å². The number of para-hydroxylation sites is 1. The number of hydrogen-bond donors (Lipinski definition) is 2. The largest absolute Gasteiger partial charge is 0.369 e. The highest BCUT2D eigenvalue weighted by Gasteiger charge is 2.23. The Morgan fingerprint density at radius 2 is 1.83 bits per heavy atom. The summed E-state index contributed by atoms with van der Waals surface area (Å²) in [5, 5.41) is 8.03. The molecule has 1 aliphatic heterocycles. The van der Waals surface area contributed by atoms with Crippen LogP contribution >= 0.6 is 0 Å². The van der Waals surface area contributed by atoms with Crippen LogP contribution in [0.3, 0.4) is 0 Å². The molecule has 4 heterocycles. The summed E-state index contributed by atoms with van der Waals surface area (Å²) in [6.45, 7) is 5.08. The minimum Gasteiger partial charge on any atom is -0.369 e. The molecule has 1 aliphatic rings. The molecular formula is C26H25N7O2S. The molecule has 2 aromatic carbocycles. The number of nitrogens with zero attached hydrogens (tertiary/aromatic N) is 5. The minimum absolute atomic E-state index is 0.129. The Labute approximate surface area is 208 Å². The standard InChI is InChI=1S/C26H25N7O2S/c1-18-17-32(15-13-27-18)22-9-7-21(8-10-22)30-26-29-16-20-11-14-33(25(20)31-26)36(34,35)23-6-2-4-19-5-3-12-28-24(19)23/h2-12,14,16,18,27H,13,15,17H2,1H3,(H,29,30,31)/t18-/m1/s1. The number of fused-ring (bicyclic) bond motifs is 2. The van der Waals surface area contributed by atoms with Gasteiger partial charge < -0.3 is 15.5 Å². The number of hydrogen-bond acceptors (Lipinski definition) is 8. The minimum atomic E-state index is -3.94. The van der Waals surface area contributed by atoms with Crippen LogP contribution in [0.4, 0.5) is 17.3 Å². The highest BCUT2D eigenvalue weighted by molar-refractivity contribution is 7.90. The fourth-order valence-electron chi connectivity index (χ4n) is 4.59. The Kier molecular flexibility index (Phi) is 5.54. The lowest BCUT2D eigenvalue weighted by Gasteiger charge is -2.33. The Morgan fingerprint density at radius 1 is 1.00 bits per heavy atom. The summed E-state index contributed by atoms with van der Waals surface area (Å²) in [5.41, 5.74) is 2.70. The third-order valence-electron chi connectivity index (χ3n) is 6.38. The van der Waals surface area contributed by atoms with Gasteiger partial charge in [-0.3, -0.25) is 4.98 Å². The molecule has 6 rings (SSSR count). The first-order chi connectivity index (χ1) is 17.5. The van der Waals surface area contributed by atoms with Crippen LogP contribution in [0.25, 0.3) is 21.9 Å². The van der Waals surface area contributed by atoms with E-state index >= 15 is 0 Å². The van der Waals surface area contributed by atoms with Gasteiger partial charge in [0.25, 0.3) is 10.0 Å². The molecule has 0 bridgehead atoms. The predicted octanol–water partition coefficient (Wildman–Crippen LogP) is 3.76. The van der Waals surface area contributed by atoms with Gasteiger partial charge in [0.2, 0.25) is 5.95 Å². The molecule has 0 radical (unpaired) electrons. The summed E-state index contributed by atoms with van der Waals surface area (Å²) in [5.74, 6) is 0.317. The number of anilines is 3. The van der Waals surface area contributed by atoms with Gasteiger partial charge in [0.1, 0.15) is 4.90 Å². The van der Waals surface area contributed by atoms with E-state index in [0.29, 0.717) is 28.5 Å². The maximum atomic E-state index is 13.6. The first-order valence-corrected chi connectivity index (χ1v) is 13.2. The SMILES string of the molecule is C[C@@H]1CN(c2ccc(Nc3ncc4ccn(S(=O)(=O)c5cccc6cccnc56)c4n3)cc2)CCN1. The third kappa shape index (κ3) is 4.04. The van der Waals surface area contributed by atoms with Crippen LogP contribution in [0, 0.1) is 0 Å². The smallest absolute Gasteiger partial charge is 0.271 e. The quantitative estimate of drug-likeness (QED) is 0.377. The summed E-state index contributed by atoms with van der Waals surface area (Å²) in [4.78, 5) is 15.7. The van der Waals surface area contributed by atoms with Crippen LogP contribution in [0.5, 0.6) is 0 Å². The van der Waals surface area contributed by atoms with Gasteiger partial charge in [-0.15, -0.1) is 0 Å². The zero-order valence-corrected chi connectivity index (χ0v) is 20.5. The number of pyridine rings is 1. The van der Waals surface area contributed by atoms with Crippen molar-refractivity contribution in [2.45, 2.75) is 17.9 Å². The van der Waals surface area contributed by atoms with Crippen molar-refractivity contribution in [2.75, 3.05) is 29.9 Å². The molecule has 1 fully saturated rings. The van der Waals surface area contributed by atoms with Gasteiger partial charge in [-0.25, -0.2) is 17.4 Å². The van der Waals surface area contributed by atoms with E-state index in [1.807, 2.05) is 24.3 Å². The van der Waals surface area contributed by atoms with E-state index in [2.05, 4.69) is 49.5 Å². The fraction of sp³-hybridized carbons (Fsp3) is 0.192. The van der Waals surface area contributed by atoms with E-state index in [0.717, 1.165) is 36.4 Å². The Morgan fingerprint density at radius 3 is 2.67 bits per heavy atom. The Hall–Kier alpha value is -4.02. The summed E-state index contributed by atoms with van der Waals surface area (Å²) >= 11 is 0. The first-order valence-electron chi connectivity index (χ1n) is 11.8. The molecule has 9 nitrogen and oxygen atoms in total.